The van der Waals surface area contributed by atoms with Crippen molar-refractivity contribution in [3.63, 3.8) is 0 Å². The number of allylic oxidation sites excluding steroid dienone is 1. The highest BCUT2D eigenvalue weighted by Crippen LogP contribution is 2.45. The maximum atomic E-state index is 12.1. The minimum Gasteiger partial charge on any atom is -0.490 e. The maximum Gasteiger partial charge on any atom is 0.335 e. The molecule has 0 saturated carbocycles. The van der Waals surface area contributed by atoms with Crippen molar-refractivity contribution in [1.29, 1.82) is 0 Å². The third-order valence-corrected chi connectivity index (χ3v) is 5.54. The van der Waals surface area contributed by atoms with Gasteiger partial charge in [0.05, 0.1) is 11.7 Å². The lowest BCUT2D eigenvalue weighted by molar-refractivity contribution is -0.129. The molecule has 4 rings (SSSR count). The number of aliphatic hydroxyl groups excluding tert-OH is 1. The molecule has 3 N–H and O–H groups in total. The van der Waals surface area contributed by atoms with E-state index in [4.69, 9.17) is 15.2 Å². The van der Waals surface area contributed by atoms with Gasteiger partial charge in [0.2, 0.25) is 0 Å². The largest absolute Gasteiger partial charge is 0.490 e. The minimum atomic E-state index is -0.659. The van der Waals surface area contributed by atoms with Crippen LogP contribution in [0.4, 0.5) is 0 Å². The fourth-order valence-electron chi connectivity index (χ4n) is 4.17. The average Bonchev–Trinajstić information content (AvgIpc) is 3.16. The number of esters is 1. The second-order valence-corrected chi connectivity index (χ2v) is 7.87. The summed E-state index contributed by atoms with van der Waals surface area (Å²) in [5.74, 6) is 0.409. The van der Waals surface area contributed by atoms with Crippen LogP contribution in [0.25, 0.3) is 22.3 Å². The van der Waals surface area contributed by atoms with E-state index in [-0.39, 0.29) is 13.2 Å². The highest BCUT2D eigenvalue weighted by molar-refractivity contribution is 5.88. The SMILES string of the molecule is CC=CC(=O)Oc1ccc(-c2cccc3c2Cc2ccccc2-3)c(OCC(C)O)c1CN. The molecule has 0 bridgehead atoms. The van der Waals surface area contributed by atoms with Gasteiger partial charge in [0.1, 0.15) is 18.1 Å². The number of hydrogen-bond donors (Lipinski definition) is 2. The number of ether oxygens (including phenoxy) is 2. The first-order chi connectivity index (χ1) is 15.5. The quantitative estimate of drug-likeness (QED) is 0.254. The summed E-state index contributed by atoms with van der Waals surface area (Å²) in [6.45, 7) is 3.63. The third-order valence-electron chi connectivity index (χ3n) is 5.54. The molecule has 0 saturated heterocycles. The lowest BCUT2D eigenvalue weighted by Gasteiger charge is -2.20. The van der Waals surface area contributed by atoms with Crippen LogP contribution in [0.3, 0.4) is 0 Å². The Morgan fingerprint density at radius 2 is 1.78 bits per heavy atom. The fourth-order valence-corrected chi connectivity index (χ4v) is 4.17. The number of nitrogens with two attached hydrogens (primary N) is 1. The first-order valence-electron chi connectivity index (χ1n) is 10.7. The smallest absolute Gasteiger partial charge is 0.335 e. The van der Waals surface area contributed by atoms with Gasteiger partial charge in [0.25, 0.3) is 0 Å². The minimum absolute atomic E-state index is 0.0987. The number of benzene rings is 3. The van der Waals surface area contributed by atoms with Gasteiger partial charge in [-0.15, -0.1) is 0 Å². The Morgan fingerprint density at radius 1 is 1.06 bits per heavy atom. The first-order valence-corrected chi connectivity index (χ1v) is 10.7. The highest BCUT2D eigenvalue weighted by atomic mass is 16.5. The van der Waals surface area contributed by atoms with Gasteiger partial charge in [0.15, 0.2) is 0 Å². The van der Waals surface area contributed by atoms with Gasteiger partial charge in [0, 0.05) is 18.2 Å². The van der Waals surface area contributed by atoms with Crippen molar-refractivity contribution in [3.05, 3.63) is 83.4 Å². The molecule has 0 amide bonds. The van der Waals surface area contributed by atoms with Crippen LogP contribution in [0.1, 0.15) is 30.5 Å². The van der Waals surface area contributed by atoms with Crippen molar-refractivity contribution in [3.8, 4) is 33.8 Å². The number of rotatable bonds is 7. The molecule has 0 radical (unpaired) electrons. The van der Waals surface area contributed by atoms with Gasteiger partial charge < -0.3 is 20.3 Å². The Labute approximate surface area is 188 Å². The molecule has 5 nitrogen and oxygen atoms in total. The van der Waals surface area contributed by atoms with E-state index in [1.165, 1.54) is 28.3 Å². The van der Waals surface area contributed by atoms with Gasteiger partial charge in [-0.05, 0) is 60.2 Å². The van der Waals surface area contributed by atoms with Crippen LogP contribution in [0.5, 0.6) is 11.5 Å². The summed E-state index contributed by atoms with van der Waals surface area (Å²) < 4.78 is 11.6. The second-order valence-electron chi connectivity index (χ2n) is 7.87. The number of aliphatic hydroxyl groups is 1. The van der Waals surface area contributed by atoms with E-state index in [0.717, 1.165) is 17.5 Å². The van der Waals surface area contributed by atoms with Crippen molar-refractivity contribution in [1.82, 2.24) is 0 Å². The van der Waals surface area contributed by atoms with E-state index in [2.05, 4.69) is 36.4 Å². The predicted octanol–water partition coefficient (Wildman–Crippen LogP) is 4.62. The summed E-state index contributed by atoms with van der Waals surface area (Å²) in [7, 11) is 0. The summed E-state index contributed by atoms with van der Waals surface area (Å²) in [5.41, 5.74) is 13.5. The molecule has 5 heteroatoms. The standard InChI is InChI=1S/C27H27NO4/c1-3-7-26(30)32-25-13-12-22(27(24(25)15-28)31-16-17(2)29)21-11-6-10-20-19-9-5-4-8-18(19)14-23(20)21/h3-13,17,29H,14-16,28H2,1-2H3. The van der Waals surface area contributed by atoms with Crippen molar-refractivity contribution >= 4 is 5.97 Å². The summed E-state index contributed by atoms with van der Waals surface area (Å²) in [4.78, 5) is 12.1. The van der Waals surface area contributed by atoms with E-state index in [1.54, 1.807) is 26.0 Å². The molecule has 32 heavy (non-hydrogen) atoms. The van der Waals surface area contributed by atoms with Crippen LogP contribution >= 0.6 is 0 Å². The molecule has 1 unspecified atom stereocenters. The van der Waals surface area contributed by atoms with E-state index >= 15 is 0 Å². The number of carbonyl (C=O) groups is 1. The predicted molar refractivity (Wildman–Crippen MR) is 126 cm³/mol. The summed E-state index contributed by atoms with van der Waals surface area (Å²) in [5, 5.41) is 9.85. The molecule has 0 heterocycles. The maximum absolute atomic E-state index is 12.1. The monoisotopic (exact) mass is 429 g/mol. The number of hydrogen-bond acceptors (Lipinski definition) is 5. The molecule has 1 atom stereocenters. The fraction of sp³-hybridized carbons (Fsp3) is 0.222. The van der Waals surface area contributed by atoms with Crippen LogP contribution < -0.4 is 15.2 Å². The van der Waals surface area contributed by atoms with Crippen LogP contribution in [0, 0.1) is 0 Å². The van der Waals surface area contributed by atoms with Crippen LogP contribution in [-0.4, -0.2) is 23.8 Å². The highest BCUT2D eigenvalue weighted by Gasteiger charge is 2.25. The van der Waals surface area contributed by atoms with E-state index < -0.39 is 12.1 Å². The number of fused-ring (bicyclic) bond motifs is 3. The summed E-state index contributed by atoms with van der Waals surface area (Å²) >= 11 is 0. The van der Waals surface area contributed by atoms with Crippen LogP contribution in [0.2, 0.25) is 0 Å². The van der Waals surface area contributed by atoms with Crippen molar-refractivity contribution in [2.24, 2.45) is 5.73 Å². The van der Waals surface area contributed by atoms with Gasteiger partial charge in [-0.1, -0.05) is 48.5 Å². The molecule has 0 fully saturated rings. The Bertz CT molecular complexity index is 1180. The Balaban J connectivity index is 1.85. The topological polar surface area (TPSA) is 81.8 Å². The van der Waals surface area contributed by atoms with Gasteiger partial charge in [-0.25, -0.2) is 4.79 Å². The van der Waals surface area contributed by atoms with Gasteiger partial charge in [-0.2, -0.15) is 0 Å². The second kappa shape index (κ2) is 9.39. The molecule has 164 valence electrons. The molecule has 0 aromatic heterocycles. The average molecular weight is 430 g/mol. The molecule has 3 aromatic rings. The zero-order valence-corrected chi connectivity index (χ0v) is 18.3. The molecule has 0 aliphatic heterocycles. The molecular weight excluding hydrogens is 402 g/mol. The van der Waals surface area contributed by atoms with E-state index in [0.29, 0.717) is 17.1 Å². The molecular formula is C27H27NO4. The van der Waals surface area contributed by atoms with E-state index in [9.17, 15) is 9.90 Å². The van der Waals surface area contributed by atoms with Crippen LogP contribution in [0.15, 0.2) is 66.7 Å². The van der Waals surface area contributed by atoms with Gasteiger partial charge >= 0.3 is 5.97 Å². The van der Waals surface area contributed by atoms with Crippen molar-refractivity contribution < 1.29 is 19.4 Å². The molecule has 1 aliphatic carbocycles. The lowest BCUT2D eigenvalue weighted by Crippen LogP contribution is -2.16. The molecule has 1 aliphatic rings. The summed E-state index contributed by atoms with van der Waals surface area (Å²) in [6, 6.07) is 18.3. The van der Waals surface area contributed by atoms with E-state index in [1.807, 2.05) is 12.1 Å². The van der Waals surface area contributed by atoms with Crippen molar-refractivity contribution in [2.75, 3.05) is 6.61 Å². The normalized spacial score (nSPS) is 13.0. The molecule has 3 aromatic carbocycles. The zero-order chi connectivity index (χ0) is 22.7. The summed E-state index contributed by atoms with van der Waals surface area (Å²) in [6.07, 6.45) is 3.14. The van der Waals surface area contributed by atoms with Crippen LogP contribution in [-0.2, 0) is 17.8 Å². The molecule has 0 spiro atoms. The van der Waals surface area contributed by atoms with Crippen molar-refractivity contribution in [2.45, 2.75) is 32.9 Å². The van der Waals surface area contributed by atoms with Gasteiger partial charge in [-0.3, -0.25) is 0 Å². The Hall–Kier alpha value is -3.41. The Kier molecular flexibility index (Phi) is 6.40. The Morgan fingerprint density at radius 3 is 2.50 bits per heavy atom. The lowest BCUT2D eigenvalue weighted by atomic mass is 9.93. The third kappa shape index (κ3) is 4.17. The number of carbonyl (C=O) groups excluding carboxylic acids is 1. The zero-order valence-electron chi connectivity index (χ0n) is 18.3. The first kappa shape index (κ1) is 21.8.